The molecule has 2 amide bonds. The van der Waals surface area contributed by atoms with E-state index in [9.17, 15) is 22.8 Å². The van der Waals surface area contributed by atoms with Crippen molar-refractivity contribution < 1.29 is 27.9 Å². The molecular formula is C13H19F3N2O3. The molecule has 2 saturated heterocycles. The van der Waals surface area contributed by atoms with E-state index in [1.54, 1.807) is 4.90 Å². The summed E-state index contributed by atoms with van der Waals surface area (Å²) < 4.78 is 39.3. The SMILES string of the molecule is CC1(C)CCCN1C(=O)N1CCC(C(=O)O)(C(F)(F)F)C1. The molecule has 0 spiro atoms. The van der Waals surface area contributed by atoms with Gasteiger partial charge >= 0.3 is 18.2 Å². The van der Waals surface area contributed by atoms with Crippen LogP contribution in [0.2, 0.25) is 0 Å². The summed E-state index contributed by atoms with van der Waals surface area (Å²) in [4.78, 5) is 26.1. The summed E-state index contributed by atoms with van der Waals surface area (Å²) >= 11 is 0. The van der Waals surface area contributed by atoms with Gasteiger partial charge in [0.05, 0.1) is 0 Å². The van der Waals surface area contributed by atoms with Gasteiger partial charge in [0.25, 0.3) is 0 Å². The maximum Gasteiger partial charge on any atom is 0.406 e. The maximum atomic E-state index is 13.1. The third kappa shape index (κ3) is 2.44. The lowest BCUT2D eigenvalue weighted by atomic mass is 9.86. The molecule has 0 aromatic carbocycles. The van der Waals surface area contributed by atoms with E-state index in [4.69, 9.17) is 5.11 Å². The molecule has 2 fully saturated rings. The van der Waals surface area contributed by atoms with Crippen molar-refractivity contribution in [3.63, 3.8) is 0 Å². The molecule has 0 aliphatic carbocycles. The number of urea groups is 1. The first-order valence-corrected chi connectivity index (χ1v) is 6.88. The lowest BCUT2D eigenvalue weighted by Crippen LogP contribution is -2.52. The molecule has 21 heavy (non-hydrogen) atoms. The van der Waals surface area contributed by atoms with Gasteiger partial charge in [-0.2, -0.15) is 13.2 Å². The molecule has 2 aliphatic rings. The van der Waals surface area contributed by atoms with Crippen LogP contribution in [0.1, 0.15) is 33.1 Å². The quantitative estimate of drug-likeness (QED) is 0.808. The number of halogens is 3. The van der Waals surface area contributed by atoms with E-state index in [-0.39, 0.29) is 6.54 Å². The molecule has 8 heteroatoms. The maximum absolute atomic E-state index is 13.1. The lowest BCUT2D eigenvalue weighted by molar-refractivity contribution is -0.227. The van der Waals surface area contributed by atoms with Crippen LogP contribution in [-0.4, -0.2) is 58.3 Å². The Morgan fingerprint density at radius 1 is 1.14 bits per heavy atom. The molecular weight excluding hydrogens is 289 g/mol. The molecule has 2 heterocycles. The van der Waals surface area contributed by atoms with Gasteiger partial charge in [0.1, 0.15) is 0 Å². The second-order valence-electron chi connectivity index (χ2n) is 6.41. The first-order valence-electron chi connectivity index (χ1n) is 6.88. The number of amides is 2. The van der Waals surface area contributed by atoms with Gasteiger partial charge in [0.15, 0.2) is 5.41 Å². The van der Waals surface area contributed by atoms with Crippen molar-refractivity contribution in [3.8, 4) is 0 Å². The highest BCUT2D eigenvalue weighted by Crippen LogP contribution is 2.46. The van der Waals surface area contributed by atoms with Gasteiger partial charge in [0, 0.05) is 25.2 Å². The largest absolute Gasteiger partial charge is 0.481 e. The lowest BCUT2D eigenvalue weighted by Gasteiger charge is -2.35. The number of likely N-dealkylation sites (tertiary alicyclic amines) is 2. The summed E-state index contributed by atoms with van der Waals surface area (Å²) in [5.74, 6) is -1.91. The molecule has 0 saturated carbocycles. The summed E-state index contributed by atoms with van der Waals surface area (Å²) in [7, 11) is 0. The Balaban J connectivity index is 2.18. The van der Waals surface area contributed by atoms with Crippen molar-refractivity contribution in [1.29, 1.82) is 0 Å². The highest BCUT2D eigenvalue weighted by Gasteiger charge is 2.64. The molecule has 1 N–H and O–H groups in total. The van der Waals surface area contributed by atoms with E-state index in [1.807, 2.05) is 13.8 Å². The van der Waals surface area contributed by atoms with Gasteiger partial charge < -0.3 is 14.9 Å². The summed E-state index contributed by atoms with van der Waals surface area (Å²) in [6.07, 6.45) is -3.87. The topological polar surface area (TPSA) is 60.9 Å². The molecule has 0 aromatic rings. The Morgan fingerprint density at radius 2 is 1.76 bits per heavy atom. The van der Waals surface area contributed by atoms with Crippen LogP contribution in [0.3, 0.4) is 0 Å². The minimum Gasteiger partial charge on any atom is -0.481 e. The third-order valence-corrected chi connectivity index (χ3v) is 4.62. The van der Waals surface area contributed by atoms with E-state index in [1.165, 1.54) is 0 Å². The van der Waals surface area contributed by atoms with Crippen LogP contribution in [0.5, 0.6) is 0 Å². The van der Waals surface area contributed by atoms with Crippen molar-refractivity contribution in [2.75, 3.05) is 19.6 Å². The van der Waals surface area contributed by atoms with E-state index in [0.29, 0.717) is 6.54 Å². The number of carbonyl (C=O) groups excluding carboxylic acids is 1. The smallest absolute Gasteiger partial charge is 0.406 e. The fourth-order valence-corrected chi connectivity index (χ4v) is 3.13. The second kappa shape index (κ2) is 4.78. The first kappa shape index (κ1) is 15.9. The number of rotatable bonds is 1. The van der Waals surface area contributed by atoms with Crippen molar-refractivity contribution in [2.45, 2.75) is 44.8 Å². The van der Waals surface area contributed by atoms with E-state index < -0.39 is 42.1 Å². The normalized spacial score (nSPS) is 29.0. The van der Waals surface area contributed by atoms with Crippen LogP contribution in [0.25, 0.3) is 0 Å². The fourth-order valence-electron chi connectivity index (χ4n) is 3.13. The van der Waals surface area contributed by atoms with E-state index >= 15 is 0 Å². The molecule has 0 bridgehead atoms. The number of carbonyl (C=O) groups is 2. The number of hydrogen-bond donors (Lipinski definition) is 1. The van der Waals surface area contributed by atoms with Gasteiger partial charge in [-0.25, -0.2) is 4.79 Å². The minimum absolute atomic E-state index is 0.183. The number of hydrogen-bond acceptors (Lipinski definition) is 2. The van der Waals surface area contributed by atoms with Crippen LogP contribution in [-0.2, 0) is 4.79 Å². The van der Waals surface area contributed by atoms with E-state index in [0.717, 1.165) is 17.7 Å². The Labute approximate surface area is 120 Å². The molecule has 5 nitrogen and oxygen atoms in total. The number of nitrogens with zero attached hydrogens (tertiary/aromatic N) is 2. The average Bonchev–Trinajstić information content (AvgIpc) is 2.91. The van der Waals surface area contributed by atoms with Crippen molar-refractivity contribution in [2.24, 2.45) is 5.41 Å². The molecule has 2 aliphatic heterocycles. The number of carboxylic acid groups (broad SMARTS) is 1. The van der Waals surface area contributed by atoms with Crippen LogP contribution in [0.15, 0.2) is 0 Å². The monoisotopic (exact) mass is 308 g/mol. The molecule has 0 aromatic heterocycles. The summed E-state index contributed by atoms with van der Waals surface area (Å²) in [6.45, 7) is 3.23. The van der Waals surface area contributed by atoms with Crippen LogP contribution in [0.4, 0.5) is 18.0 Å². The van der Waals surface area contributed by atoms with Crippen molar-refractivity contribution in [1.82, 2.24) is 9.80 Å². The predicted octanol–water partition coefficient (Wildman–Crippen LogP) is 2.32. The van der Waals surface area contributed by atoms with Gasteiger partial charge in [0.2, 0.25) is 0 Å². The van der Waals surface area contributed by atoms with Crippen LogP contribution in [0, 0.1) is 5.41 Å². The predicted molar refractivity (Wildman–Crippen MR) is 67.7 cm³/mol. The molecule has 1 atom stereocenters. The zero-order chi connectivity index (χ0) is 16.1. The molecule has 2 rings (SSSR count). The Morgan fingerprint density at radius 3 is 2.14 bits per heavy atom. The number of aliphatic carboxylic acids is 1. The van der Waals surface area contributed by atoms with Gasteiger partial charge in [-0.1, -0.05) is 0 Å². The van der Waals surface area contributed by atoms with Crippen LogP contribution < -0.4 is 0 Å². The van der Waals surface area contributed by atoms with Crippen molar-refractivity contribution in [3.05, 3.63) is 0 Å². The Bertz CT molecular complexity index is 464. The zero-order valence-electron chi connectivity index (χ0n) is 12.0. The third-order valence-electron chi connectivity index (χ3n) is 4.62. The van der Waals surface area contributed by atoms with Gasteiger partial charge in [-0.3, -0.25) is 4.79 Å². The Hall–Kier alpha value is -1.47. The first-order chi connectivity index (χ1) is 9.51. The standard InChI is InChI=1S/C13H19F3N2O3/c1-11(2)4-3-6-18(11)10(21)17-7-5-12(8-17,9(19)20)13(14,15)16/h3-8H2,1-2H3,(H,19,20). The fraction of sp³-hybridized carbons (Fsp3) is 0.846. The molecule has 1 unspecified atom stereocenters. The summed E-state index contributed by atoms with van der Waals surface area (Å²) in [5, 5.41) is 9.00. The van der Waals surface area contributed by atoms with Crippen LogP contribution >= 0.6 is 0 Å². The molecule has 120 valence electrons. The van der Waals surface area contributed by atoms with Crippen molar-refractivity contribution >= 4 is 12.0 Å². The van der Waals surface area contributed by atoms with E-state index in [2.05, 4.69) is 0 Å². The summed E-state index contributed by atoms with van der Waals surface area (Å²) in [5.41, 5.74) is -3.24. The molecule has 0 radical (unpaired) electrons. The zero-order valence-corrected chi connectivity index (χ0v) is 12.0. The highest BCUT2D eigenvalue weighted by molar-refractivity contribution is 5.81. The second-order valence-corrected chi connectivity index (χ2v) is 6.41. The average molecular weight is 308 g/mol. The van der Waals surface area contributed by atoms with Gasteiger partial charge in [-0.05, 0) is 33.1 Å². The number of alkyl halides is 3. The highest BCUT2D eigenvalue weighted by atomic mass is 19.4. The summed E-state index contributed by atoms with van der Waals surface area (Å²) in [6, 6.07) is -0.495. The van der Waals surface area contributed by atoms with Gasteiger partial charge in [-0.15, -0.1) is 0 Å². The minimum atomic E-state index is -4.87. The Kier molecular flexibility index (Phi) is 3.62. The number of carboxylic acids is 1.